The SMILES string of the molecule is NCC#Cc1ccc(S(=O)(=O)NCCCC2CC2)c(Cl)c1. The molecule has 6 heteroatoms. The van der Waals surface area contributed by atoms with Gasteiger partial charge in [0, 0.05) is 12.1 Å². The lowest BCUT2D eigenvalue weighted by molar-refractivity contribution is 0.572. The number of sulfonamides is 1. The highest BCUT2D eigenvalue weighted by molar-refractivity contribution is 7.89. The maximum absolute atomic E-state index is 12.2. The van der Waals surface area contributed by atoms with Gasteiger partial charge >= 0.3 is 0 Å². The molecular weight excluding hydrogens is 308 g/mol. The summed E-state index contributed by atoms with van der Waals surface area (Å²) < 4.78 is 27.0. The zero-order chi connectivity index (χ0) is 15.3. The van der Waals surface area contributed by atoms with Crippen molar-refractivity contribution in [1.82, 2.24) is 4.72 Å². The van der Waals surface area contributed by atoms with E-state index in [-0.39, 0.29) is 16.5 Å². The van der Waals surface area contributed by atoms with Crippen molar-refractivity contribution in [1.29, 1.82) is 0 Å². The highest BCUT2D eigenvalue weighted by Gasteiger charge is 2.21. The van der Waals surface area contributed by atoms with E-state index in [9.17, 15) is 8.42 Å². The zero-order valence-corrected chi connectivity index (χ0v) is 13.3. The summed E-state index contributed by atoms with van der Waals surface area (Å²) >= 11 is 6.05. The van der Waals surface area contributed by atoms with Crippen molar-refractivity contribution in [2.45, 2.75) is 30.6 Å². The Morgan fingerprint density at radius 1 is 1.38 bits per heavy atom. The van der Waals surface area contributed by atoms with Crippen LogP contribution in [0.2, 0.25) is 5.02 Å². The third-order valence-corrected chi connectivity index (χ3v) is 5.28. The average molecular weight is 327 g/mol. The van der Waals surface area contributed by atoms with Gasteiger partial charge < -0.3 is 5.73 Å². The Kier molecular flexibility index (Phi) is 5.65. The molecule has 1 fully saturated rings. The molecule has 114 valence electrons. The maximum atomic E-state index is 12.2. The minimum absolute atomic E-state index is 0.0916. The zero-order valence-electron chi connectivity index (χ0n) is 11.7. The van der Waals surface area contributed by atoms with Gasteiger partial charge in [0.05, 0.1) is 11.6 Å². The highest BCUT2D eigenvalue weighted by atomic mass is 35.5. The molecule has 0 atom stereocenters. The molecule has 21 heavy (non-hydrogen) atoms. The van der Waals surface area contributed by atoms with Gasteiger partial charge in [-0.05, 0) is 37.0 Å². The van der Waals surface area contributed by atoms with Crippen molar-refractivity contribution in [2.75, 3.05) is 13.1 Å². The molecule has 0 radical (unpaired) electrons. The summed E-state index contributed by atoms with van der Waals surface area (Å²) in [6, 6.07) is 4.66. The lowest BCUT2D eigenvalue weighted by Crippen LogP contribution is -2.25. The molecule has 3 N–H and O–H groups in total. The van der Waals surface area contributed by atoms with Crippen molar-refractivity contribution in [3.05, 3.63) is 28.8 Å². The van der Waals surface area contributed by atoms with E-state index in [1.807, 2.05) is 0 Å². The number of nitrogens with one attached hydrogen (secondary N) is 1. The van der Waals surface area contributed by atoms with E-state index in [0.717, 1.165) is 18.8 Å². The monoisotopic (exact) mass is 326 g/mol. The van der Waals surface area contributed by atoms with E-state index < -0.39 is 10.0 Å². The fourth-order valence-corrected chi connectivity index (χ4v) is 3.65. The fourth-order valence-electron chi connectivity index (χ4n) is 2.03. The summed E-state index contributed by atoms with van der Waals surface area (Å²) in [4.78, 5) is 0.0916. The highest BCUT2D eigenvalue weighted by Crippen LogP contribution is 2.33. The summed E-state index contributed by atoms with van der Waals surface area (Å²) in [6.45, 7) is 0.699. The van der Waals surface area contributed by atoms with Crippen LogP contribution in [0.4, 0.5) is 0 Å². The van der Waals surface area contributed by atoms with Crippen LogP contribution >= 0.6 is 11.6 Å². The summed E-state index contributed by atoms with van der Waals surface area (Å²) in [5, 5.41) is 0.175. The van der Waals surface area contributed by atoms with Crippen molar-refractivity contribution in [3.63, 3.8) is 0 Å². The average Bonchev–Trinajstić information content (AvgIpc) is 3.25. The Morgan fingerprint density at radius 2 is 2.14 bits per heavy atom. The van der Waals surface area contributed by atoms with E-state index in [0.29, 0.717) is 12.1 Å². The van der Waals surface area contributed by atoms with Gasteiger partial charge in [0.2, 0.25) is 10.0 Å². The molecule has 0 saturated heterocycles. The largest absolute Gasteiger partial charge is 0.320 e. The van der Waals surface area contributed by atoms with Crippen LogP contribution in [0, 0.1) is 17.8 Å². The standard InChI is InChI=1S/C15H19ClN2O2S/c16-14-11-13(3-1-9-17)7-8-15(14)21(19,20)18-10-2-4-12-5-6-12/h7-8,11-12,18H,2,4-6,9-10,17H2. The quantitative estimate of drug-likeness (QED) is 0.621. The molecule has 0 unspecified atom stereocenters. The van der Waals surface area contributed by atoms with Gasteiger partial charge in [-0.25, -0.2) is 13.1 Å². The number of nitrogens with two attached hydrogens (primary N) is 1. The first-order chi connectivity index (χ1) is 10.0. The van der Waals surface area contributed by atoms with E-state index in [1.54, 1.807) is 12.1 Å². The summed E-state index contributed by atoms with van der Waals surface area (Å²) in [5.74, 6) is 6.33. The maximum Gasteiger partial charge on any atom is 0.242 e. The molecule has 1 saturated carbocycles. The molecule has 4 nitrogen and oxygen atoms in total. The second-order valence-corrected chi connectivity index (χ2v) is 7.28. The van der Waals surface area contributed by atoms with Crippen LogP contribution in [0.25, 0.3) is 0 Å². The Bertz CT molecular complexity index is 658. The van der Waals surface area contributed by atoms with Crippen LogP contribution in [0.3, 0.4) is 0 Å². The van der Waals surface area contributed by atoms with Gasteiger partial charge in [-0.2, -0.15) is 0 Å². The molecule has 0 aromatic heterocycles. The Balaban J connectivity index is 2.00. The molecule has 0 heterocycles. The van der Waals surface area contributed by atoms with Crippen molar-refractivity contribution >= 4 is 21.6 Å². The second kappa shape index (κ2) is 7.28. The third-order valence-electron chi connectivity index (χ3n) is 3.33. The Hall–Kier alpha value is -1.06. The van der Waals surface area contributed by atoms with Crippen LogP contribution in [-0.4, -0.2) is 21.5 Å². The van der Waals surface area contributed by atoms with Gasteiger partial charge in [0.25, 0.3) is 0 Å². The predicted octanol–water partition coefficient (Wildman–Crippen LogP) is 2.12. The molecule has 1 aliphatic rings. The van der Waals surface area contributed by atoms with E-state index >= 15 is 0 Å². The number of benzene rings is 1. The van der Waals surface area contributed by atoms with Crippen LogP contribution in [0.5, 0.6) is 0 Å². The van der Waals surface area contributed by atoms with E-state index in [4.69, 9.17) is 17.3 Å². The smallest absolute Gasteiger partial charge is 0.242 e. The molecule has 0 aliphatic heterocycles. The van der Waals surface area contributed by atoms with Crippen molar-refractivity contribution in [2.24, 2.45) is 11.7 Å². The molecule has 1 aromatic rings. The van der Waals surface area contributed by atoms with Gasteiger partial charge in [-0.15, -0.1) is 0 Å². The van der Waals surface area contributed by atoms with Crippen LogP contribution in [-0.2, 0) is 10.0 Å². The molecule has 1 aliphatic carbocycles. The fraction of sp³-hybridized carbons (Fsp3) is 0.467. The molecule has 0 spiro atoms. The third kappa shape index (κ3) is 5.01. The van der Waals surface area contributed by atoms with Crippen LogP contribution in [0.1, 0.15) is 31.2 Å². The lowest BCUT2D eigenvalue weighted by atomic mass is 10.2. The van der Waals surface area contributed by atoms with Crippen LogP contribution in [0.15, 0.2) is 23.1 Å². The molecule has 0 amide bonds. The van der Waals surface area contributed by atoms with Gasteiger partial charge in [-0.3, -0.25) is 0 Å². The predicted molar refractivity (Wildman–Crippen MR) is 84.5 cm³/mol. The summed E-state index contributed by atoms with van der Waals surface area (Å²) in [7, 11) is -3.56. The number of hydrogen-bond donors (Lipinski definition) is 2. The Labute approximate surface area is 131 Å². The first-order valence-corrected chi connectivity index (χ1v) is 8.87. The molecular formula is C15H19ClN2O2S. The molecule has 0 bridgehead atoms. The van der Waals surface area contributed by atoms with Gasteiger partial charge in [0.1, 0.15) is 4.90 Å². The van der Waals surface area contributed by atoms with E-state index in [2.05, 4.69) is 16.6 Å². The van der Waals surface area contributed by atoms with Crippen LogP contribution < -0.4 is 10.5 Å². The number of hydrogen-bond acceptors (Lipinski definition) is 3. The summed E-state index contributed by atoms with van der Waals surface area (Å²) in [6.07, 6.45) is 4.51. The minimum Gasteiger partial charge on any atom is -0.320 e. The van der Waals surface area contributed by atoms with Gasteiger partial charge in [0.15, 0.2) is 0 Å². The topological polar surface area (TPSA) is 72.2 Å². The number of halogens is 1. The minimum atomic E-state index is -3.56. The first kappa shape index (κ1) is 16.3. The normalized spacial score (nSPS) is 14.6. The molecule has 1 aromatic carbocycles. The van der Waals surface area contributed by atoms with E-state index in [1.165, 1.54) is 18.9 Å². The van der Waals surface area contributed by atoms with Crippen molar-refractivity contribution in [3.8, 4) is 11.8 Å². The number of rotatable bonds is 6. The lowest BCUT2D eigenvalue weighted by Gasteiger charge is -2.08. The molecule has 2 rings (SSSR count). The Morgan fingerprint density at radius 3 is 2.76 bits per heavy atom. The second-order valence-electron chi connectivity index (χ2n) is 5.13. The van der Waals surface area contributed by atoms with Gasteiger partial charge in [-0.1, -0.05) is 36.3 Å². The first-order valence-electron chi connectivity index (χ1n) is 7.01. The van der Waals surface area contributed by atoms with Crippen molar-refractivity contribution < 1.29 is 8.42 Å². The summed E-state index contributed by atoms with van der Waals surface area (Å²) in [5.41, 5.74) is 5.95.